The molecule has 0 spiro atoms. The number of likely N-dealkylation sites (N-methyl/N-ethyl adjacent to an activating group) is 1. The smallest absolute Gasteiger partial charge is 0.281 e. The van der Waals surface area contributed by atoms with Gasteiger partial charge < -0.3 is 4.90 Å². The summed E-state index contributed by atoms with van der Waals surface area (Å²) in [5.74, 6) is 0.554. The molecule has 0 N–H and O–H groups in total. The van der Waals surface area contributed by atoms with Crippen molar-refractivity contribution in [1.82, 2.24) is 9.80 Å². The van der Waals surface area contributed by atoms with Gasteiger partial charge in [0.1, 0.15) is 0 Å². The van der Waals surface area contributed by atoms with E-state index in [9.17, 15) is 10.1 Å². The highest BCUT2D eigenvalue weighted by molar-refractivity contribution is 5.87. The molecule has 6 nitrogen and oxygen atoms in total. The summed E-state index contributed by atoms with van der Waals surface area (Å²) in [5, 5.41) is 11.6. The van der Waals surface area contributed by atoms with Gasteiger partial charge in [-0.25, -0.2) is 0 Å². The molecule has 0 saturated carbocycles. The number of hydrogen-bond acceptors (Lipinski definition) is 4. The van der Waals surface area contributed by atoms with Gasteiger partial charge in [-0.1, -0.05) is 60.7 Å². The minimum Gasteiger partial charge on any atom is -0.345 e. The SMILES string of the molecule is CN1CN(Cc2ccccc2)CC([N+](=O)[O-])C1=NCc1ccccc1. The van der Waals surface area contributed by atoms with Crippen LogP contribution in [0.3, 0.4) is 0 Å². The third-order valence-corrected chi connectivity index (χ3v) is 4.30. The Bertz CT molecular complexity index is 734. The topological polar surface area (TPSA) is 62.0 Å². The van der Waals surface area contributed by atoms with Crippen molar-refractivity contribution < 1.29 is 4.92 Å². The van der Waals surface area contributed by atoms with Crippen molar-refractivity contribution in [3.63, 3.8) is 0 Å². The largest absolute Gasteiger partial charge is 0.345 e. The highest BCUT2D eigenvalue weighted by Crippen LogP contribution is 2.15. The fraction of sp³-hybridized carbons (Fsp3) is 0.316. The molecule has 130 valence electrons. The van der Waals surface area contributed by atoms with E-state index >= 15 is 0 Å². The van der Waals surface area contributed by atoms with E-state index in [2.05, 4.69) is 9.89 Å². The lowest BCUT2D eigenvalue weighted by Gasteiger charge is -2.36. The summed E-state index contributed by atoms with van der Waals surface area (Å²) in [6.45, 7) is 2.16. The van der Waals surface area contributed by atoms with Gasteiger partial charge in [0, 0.05) is 18.5 Å². The zero-order valence-electron chi connectivity index (χ0n) is 14.3. The molecule has 0 bridgehead atoms. The number of amidine groups is 1. The van der Waals surface area contributed by atoms with Crippen molar-refractivity contribution in [3.8, 4) is 0 Å². The molecular weight excluding hydrogens is 316 g/mol. The van der Waals surface area contributed by atoms with E-state index in [4.69, 9.17) is 0 Å². The van der Waals surface area contributed by atoms with E-state index < -0.39 is 6.04 Å². The van der Waals surface area contributed by atoms with Crippen molar-refractivity contribution in [2.45, 2.75) is 19.1 Å². The van der Waals surface area contributed by atoms with Gasteiger partial charge in [0.05, 0.1) is 19.8 Å². The van der Waals surface area contributed by atoms with Gasteiger partial charge in [-0.05, 0) is 11.1 Å². The molecule has 2 aromatic rings. The fourth-order valence-electron chi connectivity index (χ4n) is 3.11. The van der Waals surface area contributed by atoms with E-state index in [1.54, 1.807) is 0 Å². The monoisotopic (exact) mass is 338 g/mol. The molecular formula is C19H22N4O2. The molecule has 2 aromatic carbocycles. The molecule has 1 unspecified atom stereocenters. The summed E-state index contributed by atoms with van der Waals surface area (Å²) in [6.07, 6.45) is 0. The van der Waals surface area contributed by atoms with E-state index in [1.807, 2.05) is 72.6 Å². The molecule has 0 amide bonds. The Hall–Kier alpha value is -2.73. The second-order valence-electron chi connectivity index (χ2n) is 6.30. The van der Waals surface area contributed by atoms with Gasteiger partial charge in [-0.3, -0.25) is 20.0 Å². The molecule has 1 aliphatic rings. The molecule has 0 aromatic heterocycles. The Morgan fingerprint density at radius 2 is 1.68 bits per heavy atom. The molecule has 1 heterocycles. The Labute approximate surface area is 147 Å². The zero-order chi connectivity index (χ0) is 17.6. The van der Waals surface area contributed by atoms with Crippen LogP contribution in [0.1, 0.15) is 11.1 Å². The standard InChI is InChI=1S/C19H22N4O2/c1-21-15-22(13-17-10-6-3-7-11-17)14-18(23(24)25)19(21)20-12-16-8-4-2-5-9-16/h2-11,18H,12-15H2,1H3. The minimum absolute atomic E-state index is 0.225. The summed E-state index contributed by atoms with van der Waals surface area (Å²) in [7, 11) is 1.87. The average Bonchev–Trinajstić information content (AvgIpc) is 2.62. The molecule has 6 heteroatoms. The van der Waals surface area contributed by atoms with Crippen LogP contribution in [0.5, 0.6) is 0 Å². The number of nitrogens with zero attached hydrogens (tertiary/aromatic N) is 4. The van der Waals surface area contributed by atoms with Crippen LogP contribution >= 0.6 is 0 Å². The molecule has 1 fully saturated rings. The zero-order valence-corrected chi connectivity index (χ0v) is 14.3. The van der Waals surface area contributed by atoms with Crippen molar-refractivity contribution in [2.24, 2.45) is 4.99 Å². The second-order valence-corrected chi connectivity index (χ2v) is 6.30. The van der Waals surface area contributed by atoms with Gasteiger partial charge >= 0.3 is 0 Å². The van der Waals surface area contributed by atoms with E-state index in [0.29, 0.717) is 32.1 Å². The first-order valence-electron chi connectivity index (χ1n) is 8.32. The average molecular weight is 338 g/mol. The van der Waals surface area contributed by atoms with Crippen molar-refractivity contribution in [2.75, 3.05) is 20.3 Å². The summed E-state index contributed by atoms with van der Waals surface area (Å²) < 4.78 is 0. The summed E-state index contributed by atoms with van der Waals surface area (Å²) in [5.41, 5.74) is 2.21. The van der Waals surface area contributed by atoms with E-state index in [0.717, 1.165) is 11.1 Å². The molecule has 3 rings (SSSR count). The van der Waals surface area contributed by atoms with Crippen LogP contribution < -0.4 is 0 Å². The molecule has 1 atom stereocenters. The van der Waals surface area contributed by atoms with Gasteiger partial charge in [-0.2, -0.15) is 0 Å². The Morgan fingerprint density at radius 1 is 1.08 bits per heavy atom. The maximum Gasteiger partial charge on any atom is 0.281 e. The van der Waals surface area contributed by atoms with E-state index in [-0.39, 0.29) is 4.92 Å². The van der Waals surface area contributed by atoms with Crippen LogP contribution in [0.25, 0.3) is 0 Å². The van der Waals surface area contributed by atoms with Crippen molar-refractivity contribution in [3.05, 3.63) is 81.9 Å². The lowest BCUT2D eigenvalue weighted by atomic mass is 10.1. The third kappa shape index (κ3) is 4.42. The fourth-order valence-corrected chi connectivity index (χ4v) is 3.11. The highest BCUT2D eigenvalue weighted by Gasteiger charge is 2.37. The van der Waals surface area contributed by atoms with Crippen molar-refractivity contribution >= 4 is 5.84 Å². The number of benzene rings is 2. The lowest BCUT2D eigenvalue weighted by molar-refractivity contribution is -0.507. The molecule has 1 aliphatic heterocycles. The molecule has 25 heavy (non-hydrogen) atoms. The molecule has 1 saturated heterocycles. The van der Waals surface area contributed by atoms with Crippen LogP contribution in [0.4, 0.5) is 0 Å². The second kappa shape index (κ2) is 7.90. The van der Waals surface area contributed by atoms with Crippen LogP contribution in [-0.4, -0.2) is 46.9 Å². The summed E-state index contributed by atoms with van der Waals surface area (Å²) >= 11 is 0. The van der Waals surface area contributed by atoms with Gasteiger partial charge in [-0.15, -0.1) is 0 Å². The maximum atomic E-state index is 11.6. The Kier molecular flexibility index (Phi) is 5.40. The van der Waals surface area contributed by atoms with Crippen LogP contribution in [0, 0.1) is 10.1 Å². The normalized spacial score (nSPS) is 20.0. The Morgan fingerprint density at radius 3 is 2.28 bits per heavy atom. The first-order chi connectivity index (χ1) is 12.1. The predicted molar refractivity (Wildman–Crippen MR) is 97.8 cm³/mol. The van der Waals surface area contributed by atoms with E-state index in [1.165, 1.54) is 0 Å². The first kappa shape index (κ1) is 17.1. The first-order valence-corrected chi connectivity index (χ1v) is 8.32. The number of nitro groups is 1. The van der Waals surface area contributed by atoms with Crippen molar-refractivity contribution in [1.29, 1.82) is 0 Å². The molecule has 0 aliphatic carbocycles. The number of rotatable bonds is 5. The van der Waals surface area contributed by atoms with Crippen LogP contribution in [0.2, 0.25) is 0 Å². The quantitative estimate of drug-likeness (QED) is 0.621. The minimum atomic E-state index is -0.800. The maximum absolute atomic E-state index is 11.6. The van der Waals surface area contributed by atoms with Gasteiger partial charge in [0.25, 0.3) is 6.04 Å². The van der Waals surface area contributed by atoms with Crippen LogP contribution in [0.15, 0.2) is 65.7 Å². The van der Waals surface area contributed by atoms with Crippen LogP contribution in [-0.2, 0) is 13.1 Å². The third-order valence-electron chi connectivity index (χ3n) is 4.30. The summed E-state index contributed by atoms with van der Waals surface area (Å²) in [4.78, 5) is 19.9. The lowest BCUT2D eigenvalue weighted by Crippen LogP contribution is -2.56. The summed E-state index contributed by atoms with van der Waals surface area (Å²) in [6, 6.07) is 19.0. The Balaban J connectivity index is 1.73. The molecule has 0 radical (unpaired) electrons. The highest BCUT2D eigenvalue weighted by atomic mass is 16.6. The number of aliphatic imine (C=N–C) groups is 1. The predicted octanol–water partition coefficient (Wildman–Crippen LogP) is 2.64. The number of hydrogen-bond donors (Lipinski definition) is 0. The van der Waals surface area contributed by atoms with Gasteiger partial charge in [0.15, 0.2) is 5.84 Å². The van der Waals surface area contributed by atoms with Gasteiger partial charge in [0.2, 0.25) is 0 Å².